The van der Waals surface area contributed by atoms with E-state index >= 15 is 0 Å². The van der Waals surface area contributed by atoms with Gasteiger partial charge in [0.25, 0.3) is 0 Å². The molecule has 0 heterocycles. The maximum atomic E-state index is 12.4. The molecule has 0 saturated heterocycles. The highest BCUT2D eigenvalue weighted by atomic mass is 16.5. The van der Waals surface area contributed by atoms with Gasteiger partial charge in [0.15, 0.2) is 0 Å². The number of amides is 1. The highest BCUT2D eigenvalue weighted by Crippen LogP contribution is 2.17. The molecule has 0 rings (SSSR count). The van der Waals surface area contributed by atoms with Crippen LogP contribution in [0.25, 0.3) is 0 Å². The second-order valence-corrected chi connectivity index (χ2v) is 21.0. The molecule has 69 heavy (non-hydrogen) atoms. The van der Waals surface area contributed by atoms with Gasteiger partial charge in [-0.3, -0.25) is 9.59 Å². The molecule has 0 aliphatic rings. The average Bonchev–Trinajstić information content (AvgIpc) is 3.35. The standard InChI is InChI=1S/C63H119NO5/c1-3-5-7-9-11-13-14-15-30-34-37-41-45-49-53-57-63(68)69-58-54-50-46-42-38-35-32-29-27-25-23-21-19-17-16-18-20-22-24-26-28-31-33-36-40-44-48-52-56-62(67)64-60(59-65)61(66)55-51-47-43-39-12-10-8-6-4-2/h15-17,30,51,55,60-61,65-66H,3-14,18-29,31-50,52-54,56-59H2,1-2H3,(H,64,67)/b17-16-,30-15-,55-51+. The Hall–Kier alpha value is -1.92. The van der Waals surface area contributed by atoms with E-state index in [-0.39, 0.29) is 18.5 Å². The zero-order valence-electron chi connectivity index (χ0n) is 46.3. The highest BCUT2D eigenvalue weighted by Gasteiger charge is 2.18. The van der Waals surface area contributed by atoms with Gasteiger partial charge in [-0.05, 0) is 83.5 Å². The van der Waals surface area contributed by atoms with Crippen molar-refractivity contribution in [1.82, 2.24) is 5.32 Å². The van der Waals surface area contributed by atoms with E-state index in [0.29, 0.717) is 19.4 Å². The van der Waals surface area contributed by atoms with Crippen LogP contribution < -0.4 is 5.32 Å². The molecule has 0 bridgehead atoms. The number of rotatable bonds is 57. The molecule has 2 atom stereocenters. The Balaban J connectivity index is 3.36. The third kappa shape index (κ3) is 55.2. The fraction of sp³-hybridized carbons (Fsp3) is 0.873. The lowest BCUT2D eigenvalue weighted by molar-refractivity contribution is -0.143. The molecule has 0 radical (unpaired) electrons. The van der Waals surface area contributed by atoms with E-state index in [1.165, 1.54) is 257 Å². The zero-order chi connectivity index (χ0) is 50.0. The quantitative estimate of drug-likeness (QED) is 0.0321. The van der Waals surface area contributed by atoms with E-state index in [2.05, 4.69) is 43.5 Å². The first kappa shape index (κ1) is 67.1. The van der Waals surface area contributed by atoms with E-state index < -0.39 is 12.1 Å². The summed E-state index contributed by atoms with van der Waals surface area (Å²) in [5.74, 6) is -0.0630. The van der Waals surface area contributed by atoms with Crippen LogP contribution in [0.3, 0.4) is 0 Å². The fourth-order valence-corrected chi connectivity index (χ4v) is 9.39. The molecule has 406 valence electrons. The topological polar surface area (TPSA) is 95.9 Å². The van der Waals surface area contributed by atoms with Crippen molar-refractivity contribution in [1.29, 1.82) is 0 Å². The maximum absolute atomic E-state index is 12.4. The fourth-order valence-electron chi connectivity index (χ4n) is 9.39. The molecule has 3 N–H and O–H groups in total. The van der Waals surface area contributed by atoms with E-state index in [1.54, 1.807) is 6.08 Å². The molecular weight excluding hydrogens is 851 g/mol. The molecule has 0 aromatic rings. The smallest absolute Gasteiger partial charge is 0.305 e. The van der Waals surface area contributed by atoms with E-state index in [0.717, 1.165) is 44.9 Å². The van der Waals surface area contributed by atoms with Crippen LogP contribution in [0.4, 0.5) is 0 Å². The van der Waals surface area contributed by atoms with Gasteiger partial charge in [0.05, 0.1) is 25.4 Å². The largest absolute Gasteiger partial charge is 0.466 e. The van der Waals surface area contributed by atoms with Crippen molar-refractivity contribution in [2.75, 3.05) is 13.2 Å². The third-order valence-corrected chi connectivity index (χ3v) is 14.1. The number of hydrogen-bond acceptors (Lipinski definition) is 5. The van der Waals surface area contributed by atoms with Crippen molar-refractivity contribution in [3.8, 4) is 0 Å². The average molecular weight is 971 g/mol. The van der Waals surface area contributed by atoms with Crippen LogP contribution in [-0.4, -0.2) is 47.4 Å². The Labute approximate surface area is 430 Å². The summed E-state index contributed by atoms with van der Waals surface area (Å²) in [7, 11) is 0. The minimum Gasteiger partial charge on any atom is -0.466 e. The lowest BCUT2D eigenvalue weighted by atomic mass is 10.0. The summed E-state index contributed by atoms with van der Waals surface area (Å²) >= 11 is 0. The number of carbonyl (C=O) groups is 2. The number of nitrogens with one attached hydrogen (secondary N) is 1. The molecule has 0 aromatic heterocycles. The Kier molecular flexibility index (Phi) is 57.0. The number of esters is 1. The molecule has 1 amide bonds. The molecule has 6 nitrogen and oxygen atoms in total. The summed E-state index contributed by atoms with van der Waals surface area (Å²) < 4.78 is 5.48. The second kappa shape index (κ2) is 58.6. The zero-order valence-corrected chi connectivity index (χ0v) is 46.3. The van der Waals surface area contributed by atoms with Crippen LogP contribution in [-0.2, 0) is 14.3 Å². The Morgan fingerprint density at radius 1 is 0.391 bits per heavy atom. The van der Waals surface area contributed by atoms with Gasteiger partial charge in [0.1, 0.15) is 0 Å². The molecule has 0 aliphatic carbocycles. The van der Waals surface area contributed by atoms with Crippen LogP contribution in [0.2, 0.25) is 0 Å². The lowest BCUT2D eigenvalue weighted by Gasteiger charge is -2.20. The maximum Gasteiger partial charge on any atom is 0.305 e. The lowest BCUT2D eigenvalue weighted by Crippen LogP contribution is -2.45. The summed E-state index contributed by atoms with van der Waals surface area (Å²) in [6.45, 7) is 4.88. The van der Waals surface area contributed by atoms with Gasteiger partial charge in [-0.25, -0.2) is 0 Å². The molecule has 2 unspecified atom stereocenters. The van der Waals surface area contributed by atoms with Gasteiger partial charge in [0, 0.05) is 12.8 Å². The van der Waals surface area contributed by atoms with Gasteiger partial charge < -0.3 is 20.3 Å². The molecule has 0 aliphatic heterocycles. The summed E-state index contributed by atoms with van der Waals surface area (Å²) in [6.07, 6.45) is 73.5. The van der Waals surface area contributed by atoms with Crippen LogP contribution in [0.5, 0.6) is 0 Å². The van der Waals surface area contributed by atoms with Crippen LogP contribution in [0, 0.1) is 0 Å². The second-order valence-electron chi connectivity index (χ2n) is 21.0. The summed E-state index contributed by atoms with van der Waals surface area (Å²) in [5.41, 5.74) is 0. The van der Waals surface area contributed by atoms with Crippen molar-refractivity contribution in [3.05, 3.63) is 36.5 Å². The first-order chi connectivity index (χ1) is 34.0. The first-order valence-electron chi connectivity index (χ1n) is 30.8. The molecule has 0 saturated carbocycles. The number of ether oxygens (including phenoxy) is 1. The van der Waals surface area contributed by atoms with Crippen molar-refractivity contribution < 1.29 is 24.5 Å². The van der Waals surface area contributed by atoms with Crippen molar-refractivity contribution in [2.45, 2.75) is 341 Å². The summed E-state index contributed by atoms with van der Waals surface area (Å²) in [4.78, 5) is 24.4. The molecule has 0 aromatic carbocycles. The number of unbranched alkanes of at least 4 members (excludes halogenated alkanes) is 42. The number of allylic oxidation sites excluding steroid dienone is 5. The van der Waals surface area contributed by atoms with E-state index in [1.807, 2.05) is 6.08 Å². The number of hydrogen-bond donors (Lipinski definition) is 3. The normalized spacial score (nSPS) is 12.8. The van der Waals surface area contributed by atoms with Gasteiger partial charge in [-0.2, -0.15) is 0 Å². The predicted molar refractivity (Wildman–Crippen MR) is 301 cm³/mol. The van der Waals surface area contributed by atoms with Crippen LogP contribution >= 0.6 is 0 Å². The SMILES string of the molecule is CCCCCCCC/C=C\CCCCCCCC(=O)OCCCCCCCCCCCCCC/C=C\CCCCCCCCCCCCCCC(=O)NC(CO)C(O)/C=C/CCCCCCCCC. The van der Waals surface area contributed by atoms with E-state index in [9.17, 15) is 19.8 Å². The van der Waals surface area contributed by atoms with Gasteiger partial charge in [0.2, 0.25) is 5.91 Å². The van der Waals surface area contributed by atoms with Gasteiger partial charge >= 0.3 is 5.97 Å². The number of carbonyl (C=O) groups excluding carboxylic acids is 2. The summed E-state index contributed by atoms with van der Waals surface area (Å²) in [6, 6.07) is -0.625. The van der Waals surface area contributed by atoms with Crippen LogP contribution in [0.15, 0.2) is 36.5 Å². The Morgan fingerprint density at radius 2 is 0.681 bits per heavy atom. The monoisotopic (exact) mass is 970 g/mol. The predicted octanol–water partition coefficient (Wildman–Crippen LogP) is 19.2. The number of aliphatic hydroxyl groups is 2. The third-order valence-electron chi connectivity index (χ3n) is 14.1. The highest BCUT2D eigenvalue weighted by molar-refractivity contribution is 5.76. The van der Waals surface area contributed by atoms with Crippen molar-refractivity contribution >= 4 is 11.9 Å². The summed E-state index contributed by atoms with van der Waals surface area (Å²) in [5, 5.41) is 22.9. The first-order valence-corrected chi connectivity index (χ1v) is 30.8. The van der Waals surface area contributed by atoms with Gasteiger partial charge in [-0.15, -0.1) is 0 Å². The Bertz CT molecular complexity index is 1120. The van der Waals surface area contributed by atoms with E-state index in [4.69, 9.17) is 4.74 Å². The molecule has 0 fully saturated rings. The number of aliphatic hydroxyl groups excluding tert-OH is 2. The van der Waals surface area contributed by atoms with Crippen molar-refractivity contribution in [2.24, 2.45) is 0 Å². The van der Waals surface area contributed by atoms with Crippen LogP contribution in [0.1, 0.15) is 328 Å². The van der Waals surface area contributed by atoms with Crippen molar-refractivity contribution in [3.63, 3.8) is 0 Å². The Morgan fingerprint density at radius 3 is 1.03 bits per heavy atom. The molecule has 6 heteroatoms. The molecule has 0 spiro atoms. The minimum absolute atomic E-state index is 0.00730. The minimum atomic E-state index is -0.842. The molecular formula is C63H119NO5. The van der Waals surface area contributed by atoms with Gasteiger partial charge in [-0.1, -0.05) is 269 Å².